The summed E-state index contributed by atoms with van der Waals surface area (Å²) in [6, 6.07) is 6.10. The molecule has 1 fully saturated rings. The Balaban J connectivity index is 1.78. The Morgan fingerprint density at radius 1 is 1.37 bits per heavy atom. The molecule has 0 unspecified atom stereocenters. The molecule has 0 spiro atoms. The summed E-state index contributed by atoms with van der Waals surface area (Å²) >= 11 is 9.68. The van der Waals surface area contributed by atoms with Gasteiger partial charge in [-0.25, -0.2) is 0 Å². The summed E-state index contributed by atoms with van der Waals surface area (Å²) in [5, 5.41) is 4.21. The second-order valence-corrected chi connectivity index (χ2v) is 6.39. The number of nitrogens with one attached hydrogen (secondary N) is 1. The fourth-order valence-corrected chi connectivity index (χ4v) is 3.00. The van der Waals surface area contributed by atoms with Gasteiger partial charge in [0.25, 0.3) is 0 Å². The van der Waals surface area contributed by atoms with Gasteiger partial charge in [0.05, 0.1) is 0 Å². The number of rotatable bonds is 5. The minimum Gasteiger partial charge on any atom is -0.314 e. The maximum Gasteiger partial charge on any atom is 0.0462 e. The van der Waals surface area contributed by atoms with Gasteiger partial charge in [-0.1, -0.05) is 33.6 Å². The summed E-state index contributed by atoms with van der Waals surface area (Å²) in [6.45, 7) is 7.65. The molecule has 19 heavy (non-hydrogen) atoms. The van der Waals surface area contributed by atoms with Gasteiger partial charge in [0.2, 0.25) is 0 Å². The first-order valence-electron chi connectivity index (χ1n) is 6.71. The van der Waals surface area contributed by atoms with E-state index in [0.717, 1.165) is 55.3 Å². The lowest BCUT2D eigenvalue weighted by atomic mass is 10.2. The van der Waals surface area contributed by atoms with Crippen molar-refractivity contribution in [1.82, 2.24) is 15.1 Å². The van der Waals surface area contributed by atoms with Gasteiger partial charge >= 0.3 is 0 Å². The highest BCUT2D eigenvalue weighted by Gasteiger charge is 2.11. The Hall–Kier alpha value is -0.130. The maximum absolute atomic E-state index is 6.25. The molecule has 0 radical (unpaired) electrons. The van der Waals surface area contributed by atoms with Crippen LogP contribution in [-0.4, -0.2) is 56.1 Å². The van der Waals surface area contributed by atoms with E-state index in [1.54, 1.807) is 0 Å². The first-order valence-corrected chi connectivity index (χ1v) is 7.88. The minimum absolute atomic E-state index is 0.836. The second kappa shape index (κ2) is 7.60. The highest BCUT2D eigenvalue weighted by atomic mass is 79.9. The Morgan fingerprint density at radius 3 is 2.79 bits per heavy atom. The Bertz CT molecular complexity index is 408. The van der Waals surface area contributed by atoms with E-state index in [1.807, 2.05) is 12.1 Å². The number of hydrogen-bond acceptors (Lipinski definition) is 3. The maximum atomic E-state index is 6.25. The Labute approximate surface area is 129 Å². The number of benzene rings is 1. The normalized spacial score (nSPS) is 17.1. The molecule has 0 bridgehead atoms. The lowest BCUT2D eigenvalue weighted by Gasteiger charge is -2.29. The average Bonchev–Trinajstić information content (AvgIpc) is 2.41. The first kappa shape index (κ1) is 15.3. The summed E-state index contributed by atoms with van der Waals surface area (Å²) in [5.41, 5.74) is 1.19. The van der Waals surface area contributed by atoms with Crippen LogP contribution in [0.15, 0.2) is 22.7 Å². The van der Waals surface area contributed by atoms with Crippen LogP contribution in [0.1, 0.15) is 5.56 Å². The number of halogens is 2. The molecule has 0 amide bonds. The molecular formula is C14H21BrClN3. The van der Waals surface area contributed by atoms with Crippen molar-refractivity contribution in [3.05, 3.63) is 33.3 Å². The van der Waals surface area contributed by atoms with Gasteiger partial charge in [0.15, 0.2) is 0 Å². The van der Waals surface area contributed by atoms with Crippen LogP contribution in [0.5, 0.6) is 0 Å². The highest BCUT2D eigenvalue weighted by molar-refractivity contribution is 9.10. The largest absolute Gasteiger partial charge is 0.314 e. The van der Waals surface area contributed by atoms with Gasteiger partial charge in [-0.15, -0.1) is 0 Å². The van der Waals surface area contributed by atoms with E-state index in [0.29, 0.717) is 0 Å². The zero-order chi connectivity index (χ0) is 13.7. The van der Waals surface area contributed by atoms with Crippen LogP contribution in [-0.2, 0) is 6.54 Å². The Morgan fingerprint density at radius 2 is 2.11 bits per heavy atom. The van der Waals surface area contributed by atoms with E-state index in [-0.39, 0.29) is 0 Å². The van der Waals surface area contributed by atoms with Crippen molar-refractivity contribution in [3.63, 3.8) is 0 Å². The summed E-state index contributed by atoms with van der Waals surface area (Å²) in [7, 11) is 2.15. The van der Waals surface area contributed by atoms with Crippen LogP contribution in [0.25, 0.3) is 0 Å². The topological polar surface area (TPSA) is 18.5 Å². The van der Waals surface area contributed by atoms with Gasteiger partial charge in [0, 0.05) is 55.3 Å². The third kappa shape index (κ3) is 5.04. The van der Waals surface area contributed by atoms with Crippen LogP contribution in [0.4, 0.5) is 0 Å². The zero-order valence-corrected chi connectivity index (χ0v) is 13.7. The fraction of sp³-hybridized carbons (Fsp3) is 0.571. The summed E-state index contributed by atoms with van der Waals surface area (Å²) < 4.78 is 1.03. The molecule has 5 heteroatoms. The molecule has 0 atom stereocenters. The molecule has 1 N–H and O–H groups in total. The van der Waals surface area contributed by atoms with E-state index in [1.165, 1.54) is 5.56 Å². The molecule has 1 saturated heterocycles. The monoisotopic (exact) mass is 345 g/mol. The smallest absolute Gasteiger partial charge is 0.0462 e. The van der Waals surface area contributed by atoms with Gasteiger partial charge in [-0.3, -0.25) is 4.90 Å². The highest BCUT2D eigenvalue weighted by Crippen LogP contribution is 2.22. The third-order valence-electron chi connectivity index (χ3n) is 3.46. The van der Waals surface area contributed by atoms with Crippen molar-refractivity contribution in [2.45, 2.75) is 6.54 Å². The van der Waals surface area contributed by atoms with Crippen LogP contribution in [0.2, 0.25) is 5.02 Å². The molecule has 0 aliphatic carbocycles. The lowest BCUT2D eigenvalue weighted by molar-refractivity contribution is 0.202. The van der Waals surface area contributed by atoms with Crippen LogP contribution in [0.3, 0.4) is 0 Å². The van der Waals surface area contributed by atoms with Crippen molar-refractivity contribution in [3.8, 4) is 0 Å². The summed E-state index contributed by atoms with van der Waals surface area (Å²) in [6.07, 6.45) is 0. The van der Waals surface area contributed by atoms with E-state index in [2.05, 4.69) is 44.2 Å². The van der Waals surface area contributed by atoms with E-state index in [4.69, 9.17) is 11.6 Å². The van der Waals surface area contributed by atoms with Crippen molar-refractivity contribution in [2.75, 3.05) is 46.3 Å². The molecule has 1 aliphatic rings. The predicted molar refractivity (Wildman–Crippen MR) is 84.8 cm³/mol. The average molecular weight is 347 g/mol. The zero-order valence-electron chi connectivity index (χ0n) is 11.3. The van der Waals surface area contributed by atoms with Gasteiger partial charge in [-0.05, 0) is 24.7 Å². The summed E-state index contributed by atoms with van der Waals surface area (Å²) in [4.78, 5) is 4.84. The standard InChI is InChI=1S/C14H21BrClN3/c1-18(8-9-19-6-4-17-5-7-19)11-12-2-3-13(15)10-14(12)16/h2-3,10,17H,4-9,11H2,1H3. The number of likely N-dealkylation sites (N-methyl/N-ethyl adjacent to an activating group) is 1. The Kier molecular flexibility index (Phi) is 6.10. The summed E-state index contributed by atoms with van der Waals surface area (Å²) in [5.74, 6) is 0. The predicted octanol–water partition coefficient (Wildman–Crippen LogP) is 2.44. The van der Waals surface area contributed by atoms with E-state index < -0.39 is 0 Å². The van der Waals surface area contributed by atoms with Crippen LogP contribution < -0.4 is 5.32 Å². The minimum atomic E-state index is 0.836. The molecule has 1 aromatic carbocycles. The molecule has 0 saturated carbocycles. The van der Waals surface area contributed by atoms with Gasteiger partial charge in [0.1, 0.15) is 0 Å². The van der Waals surface area contributed by atoms with E-state index in [9.17, 15) is 0 Å². The first-order chi connectivity index (χ1) is 9.15. The van der Waals surface area contributed by atoms with Crippen LogP contribution >= 0.6 is 27.5 Å². The number of nitrogens with zero attached hydrogens (tertiary/aromatic N) is 2. The molecular weight excluding hydrogens is 326 g/mol. The molecule has 3 nitrogen and oxygen atoms in total. The quantitative estimate of drug-likeness (QED) is 0.883. The molecule has 0 aromatic heterocycles. The lowest BCUT2D eigenvalue weighted by Crippen LogP contribution is -2.45. The number of hydrogen-bond donors (Lipinski definition) is 1. The van der Waals surface area contributed by atoms with Crippen molar-refractivity contribution in [1.29, 1.82) is 0 Å². The third-order valence-corrected chi connectivity index (χ3v) is 4.31. The molecule has 1 heterocycles. The molecule has 2 rings (SSSR count). The van der Waals surface area contributed by atoms with Crippen molar-refractivity contribution in [2.24, 2.45) is 0 Å². The SMILES string of the molecule is CN(CCN1CCNCC1)Cc1ccc(Br)cc1Cl. The second-order valence-electron chi connectivity index (χ2n) is 5.07. The fourth-order valence-electron chi connectivity index (χ4n) is 2.27. The van der Waals surface area contributed by atoms with E-state index >= 15 is 0 Å². The molecule has 1 aromatic rings. The van der Waals surface area contributed by atoms with Crippen molar-refractivity contribution >= 4 is 27.5 Å². The van der Waals surface area contributed by atoms with Gasteiger partial charge in [-0.2, -0.15) is 0 Å². The number of piperazine rings is 1. The van der Waals surface area contributed by atoms with Crippen LogP contribution in [0, 0.1) is 0 Å². The van der Waals surface area contributed by atoms with Gasteiger partial charge < -0.3 is 10.2 Å². The van der Waals surface area contributed by atoms with Crippen molar-refractivity contribution < 1.29 is 0 Å². The molecule has 106 valence electrons. The molecule has 1 aliphatic heterocycles.